The second kappa shape index (κ2) is 7.49. The average molecular weight is 373 g/mol. The monoisotopic (exact) mass is 372 g/mol. The number of rotatable bonds is 4. The van der Waals surface area contributed by atoms with Gasteiger partial charge in [0.1, 0.15) is 5.75 Å². The van der Waals surface area contributed by atoms with Gasteiger partial charge in [0.25, 0.3) is 0 Å². The first-order valence-electron chi connectivity index (χ1n) is 7.84. The molecule has 0 aromatic heterocycles. The first kappa shape index (κ1) is 17.8. The number of carbonyl (C=O) groups excluding carboxylic acids is 2. The maximum absolute atomic E-state index is 12.5. The zero-order valence-corrected chi connectivity index (χ0v) is 15.0. The predicted octanol–water partition coefficient (Wildman–Crippen LogP) is 3.29. The van der Waals surface area contributed by atoms with Crippen LogP contribution in [0, 0.1) is 0 Å². The summed E-state index contributed by atoms with van der Waals surface area (Å²) in [5.74, 6) is 0.102. The lowest BCUT2D eigenvalue weighted by Gasteiger charge is -2.29. The van der Waals surface area contributed by atoms with Crippen molar-refractivity contribution in [2.24, 2.45) is 0 Å². The van der Waals surface area contributed by atoms with Crippen molar-refractivity contribution >= 4 is 29.3 Å². The van der Waals surface area contributed by atoms with Gasteiger partial charge in [0, 0.05) is 5.02 Å². The first-order valence-corrected chi connectivity index (χ1v) is 8.21. The summed E-state index contributed by atoms with van der Waals surface area (Å²) in [6, 6.07) is 12.9. The number of methoxy groups -OCH3 is 2. The van der Waals surface area contributed by atoms with Gasteiger partial charge in [0.15, 0.2) is 0 Å². The molecule has 1 aliphatic heterocycles. The van der Waals surface area contributed by atoms with Gasteiger partial charge < -0.3 is 20.1 Å². The Hall–Kier alpha value is -2.99. The van der Waals surface area contributed by atoms with Crippen LogP contribution in [-0.2, 0) is 9.53 Å². The number of ether oxygens (including phenoxy) is 2. The second-order valence-electron chi connectivity index (χ2n) is 5.56. The highest BCUT2D eigenvalue weighted by atomic mass is 35.5. The third-order valence-corrected chi connectivity index (χ3v) is 4.42. The first-order chi connectivity index (χ1) is 12.5. The Bertz CT molecular complexity index is 877. The Morgan fingerprint density at radius 2 is 1.77 bits per heavy atom. The molecule has 2 N–H and O–H groups in total. The molecule has 7 heteroatoms. The third kappa shape index (κ3) is 3.36. The van der Waals surface area contributed by atoms with Gasteiger partial charge in [-0.05, 0) is 41.5 Å². The minimum Gasteiger partial charge on any atom is -0.497 e. The molecule has 1 unspecified atom stereocenters. The lowest BCUT2D eigenvalue weighted by atomic mass is 9.92. The molecule has 0 saturated carbocycles. The maximum atomic E-state index is 12.5. The zero-order chi connectivity index (χ0) is 18.7. The molecule has 0 fully saturated rings. The number of urea groups is 1. The molecule has 0 spiro atoms. The summed E-state index contributed by atoms with van der Waals surface area (Å²) in [6.07, 6.45) is 0. The molecular formula is C19H17ClN2O4. The fourth-order valence-corrected chi connectivity index (χ4v) is 3.07. The molecule has 2 aromatic carbocycles. The van der Waals surface area contributed by atoms with Crippen LogP contribution in [0.4, 0.5) is 4.79 Å². The van der Waals surface area contributed by atoms with E-state index in [9.17, 15) is 9.59 Å². The van der Waals surface area contributed by atoms with E-state index in [1.807, 2.05) is 0 Å². The molecule has 0 bridgehead atoms. The maximum Gasteiger partial charge on any atom is 0.338 e. The minimum atomic E-state index is -0.734. The zero-order valence-electron chi connectivity index (χ0n) is 14.2. The molecule has 6 nitrogen and oxygen atoms in total. The van der Waals surface area contributed by atoms with Gasteiger partial charge in [-0.2, -0.15) is 0 Å². The number of hydrogen-bond donors (Lipinski definition) is 2. The summed E-state index contributed by atoms with van der Waals surface area (Å²) in [7, 11) is 2.86. The fraction of sp³-hybridized carbons (Fsp3) is 0.158. The molecule has 134 valence electrons. The normalized spacial score (nSPS) is 16.6. The van der Waals surface area contributed by atoms with Gasteiger partial charge >= 0.3 is 12.0 Å². The molecule has 0 radical (unpaired) electrons. The number of esters is 1. The van der Waals surface area contributed by atoms with Crippen LogP contribution < -0.4 is 15.4 Å². The molecular weight excluding hydrogens is 356 g/mol. The number of benzene rings is 2. The van der Waals surface area contributed by atoms with Crippen LogP contribution in [-0.4, -0.2) is 26.2 Å². The number of nitrogens with one attached hydrogen (secondary N) is 2. The summed E-state index contributed by atoms with van der Waals surface area (Å²) in [5, 5.41) is 5.88. The highest BCUT2D eigenvalue weighted by molar-refractivity contribution is 6.31. The summed E-state index contributed by atoms with van der Waals surface area (Å²) in [5.41, 5.74) is 1.90. The molecule has 0 saturated heterocycles. The molecule has 3 rings (SSSR count). The Balaban J connectivity index is 2.19. The molecule has 1 atom stereocenters. The Labute approximate surface area is 155 Å². The molecule has 2 aromatic rings. The lowest BCUT2D eigenvalue weighted by Crippen LogP contribution is -2.45. The SMILES string of the molecule is COC(=O)C1=C(c2ccc(OC)cc2)NC(=O)NC1c1ccccc1Cl. The fourth-order valence-electron chi connectivity index (χ4n) is 2.82. The number of amides is 2. The topological polar surface area (TPSA) is 76.7 Å². The van der Waals surface area contributed by atoms with Crippen LogP contribution in [0.5, 0.6) is 5.75 Å². The van der Waals surface area contributed by atoms with Gasteiger partial charge in [-0.25, -0.2) is 9.59 Å². The molecule has 2 amide bonds. The van der Waals surface area contributed by atoms with Crippen molar-refractivity contribution in [3.63, 3.8) is 0 Å². The summed E-state index contributed by atoms with van der Waals surface area (Å²) in [6.45, 7) is 0. The van der Waals surface area contributed by atoms with Crippen molar-refractivity contribution in [3.05, 3.63) is 70.3 Å². The number of halogens is 1. The van der Waals surface area contributed by atoms with Crippen LogP contribution in [0.3, 0.4) is 0 Å². The van der Waals surface area contributed by atoms with E-state index < -0.39 is 18.0 Å². The van der Waals surface area contributed by atoms with E-state index in [0.717, 1.165) is 0 Å². The van der Waals surface area contributed by atoms with Crippen LogP contribution >= 0.6 is 11.6 Å². The quantitative estimate of drug-likeness (QED) is 0.807. The number of carbonyl (C=O) groups is 2. The van der Waals surface area contributed by atoms with E-state index in [2.05, 4.69) is 10.6 Å². The average Bonchev–Trinajstić information content (AvgIpc) is 2.67. The highest BCUT2D eigenvalue weighted by Gasteiger charge is 2.35. The second-order valence-corrected chi connectivity index (χ2v) is 5.97. The standard InChI is InChI=1S/C19H17ClN2O4/c1-25-12-9-7-11(8-10-12)16-15(18(23)26-2)17(22-19(24)21-16)13-5-3-4-6-14(13)20/h3-10,17H,1-2H3,(H2,21,22,24). The van der Waals surface area contributed by atoms with Crippen molar-refractivity contribution in [2.45, 2.75) is 6.04 Å². The van der Waals surface area contributed by atoms with E-state index in [1.165, 1.54) is 7.11 Å². The van der Waals surface area contributed by atoms with Crippen LogP contribution in [0.25, 0.3) is 5.70 Å². The van der Waals surface area contributed by atoms with Crippen LogP contribution in [0.15, 0.2) is 54.1 Å². The van der Waals surface area contributed by atoms with E-state index in [0.29, 0.717) is 27.6 Å². The summed E-state index contributed by atoms with van der Waals surface area (Å²) in [4.78, 5) is 24.8. The summed E-state index contributed by atoms with van der Waals surface area (Å²) < 4.78 is 10.1. The third-order valence-electron chi connectivity index (χ3n) is 4.07. The molecule has 1 heterocycles. The molecule has 26 heavy (non-hydrogen) atoms. The highest BCUT2D eigenvalue weighted by Crippen LogP contribution is 2.35. The Kier molecular flexibility index (Phi) is 5.14. The number of hydrogen-bond acceptors (Lipinski definition) is 4. The Morgan fingerprint density at radius 1 is 1.08 bits per heavy atom. The van der Waals surface area contributed by atoms with E-state index in [4.69, 9.17) is 21.1 Å². The smallest absolute Gasteiger partial charge is 0.338 e. The van der Waals surface area contributed by atoms with Crippen molar-refractivity contribution in [2.75, 3.05) is 14.2 Å². The minimum absolute atomic E-state index is 0.269. The van der Waals surface area contributed by atoms with Crippen molar-refractivity contribution in [1.82, 2.24) is 10.6 Å². The van der Waals surface area contributed by atoms with E-state index >= 15 is 0 Å². The van der Waals surface area contributed by atoms with Gasteiger partial charge in [0.2, 0.25) is 0 Å². The molecule has 1 aliphatic rings. The Morgan fingerprint density at radius 3 is 2.38 bits per heavy atom. The lowest BCUT2D eigenvalue weighted by molar-refractivity contribution is -0.136. The molecule has 0 aliphatic carbocycles. The van der Waals surface area contributed by atoms with E-state index in [-0.39, 0.29) is 5.57 Å². The van der Waals surface area contributed by atoms with Crippen molar-refractivity contribution in [3.8, 4) is 5.75 Å². The van der Waals surface area contributed by atoms with Crippen LogP contribution in [0.2, 0.25) is 5.02 Å². The van der Waals surface area contributed by atoms with Gasteiger partial charge in [-0.15, -0.1) is 0 Å². The van der Waals surface area contributed by atoms with Gasteiger partial charge in [-0.1, -0.05) is 29.8 Å². The van der Waals surface area contributed by atoms with Crippen molar-refractivity contribution < 1.29 is 19.1 Å². The van der Waals surface area contributed by atoms with Crippen molar-refractivity contribution in [1.29, 1.82) is 0 Å². The predicted molar refractivity (Wildman–Crippen MR) is 97.8 cm³/mol. The van der Waals surface area contributed by atoms with Gasteiger partial charge in [-0.3, -0.25) is 0 Å². The van der Waals surface area contributed by atoms with Gasteiger partial charge in [0.05, 0.1) is 31.5 Å². The van der Waals surface area contributed by atoms with Crippen LogP contribution in [0.1, 0.15) is 17.2 Å². The largest absolute Gasteiger partial charge is 0.497 e. The summed E-state index contributed by atoms with van der Waals surface area (Å²) >= 11 is 6.29. The van der Waals surface area contributed by atoms with E-state index in [1.54, 1.807) is 55.6 Å².